The topological polar surface area (TPSA) is 70.1 Å². The Balaban J connectivity index is 2.36. The van der Waals surface area contributed by atoms with E-state index in [0.717, 1.165) is 12.8 Å². The molecule has 1 aliphatic rings. The van der Waals surface area contributed by atoms with Crippen LogP contribution in [0.2, 0.25) is 0 Å². The highest BCUT2D eigenvalue weighted by Gasteiger charge is 2.27. The first kappa shape index (κ1) is 16.8. The van der Waals surface area contributed by atoms with Gasteiger partial charge < -0.3 is 19.6 Å². The first-order valence-corrected chi connectivity index (χ1v) is 7.30. The van der Waals surface area contributed by atoms with E-state index in [1.807, 2.05) is 11.9 Å². The number of carbonyl (C=O) groups excluding carboxylic acids is 1. The summed E-state index contributed by atoms with van der Waals surface area (Å²) in [6.07, 6.45) is 3.42. The number of urea groups is 1. The zero-order valence-electron chi connectivity index (χ0n) is 12.7. The summed E-state index contributed by atoms with van der Waals surface area (Å²) in [5.41, 5.74) is 0. The molecule has 6 nitrogen and oxygen atoms in total. The van der Waals surface area contributed by atoms with Crippen molar-refractivity contribution < 1.29 is 19.4 Å². The number of carboxylic acids is 1. The maximum absolute atomic E-state index is 12.3. The predicted octanol–water partition coefficient (Wildman–Crippen LogP) is 1.79. The summed E-state index contributed by atoms with van der Waals surface area (Å²) in [4.78, 5) is 26.4. The fourth-order valence-corrected chi connectivity index (χ4v) is 2.43. The molecule has 1 heterocycles. The summed E-state index contributed by atoms with van der Waals surface area (Å²) in [6, 6.07) is 0.302. The summed E-state index contributed by atoms with van der Waals surface area (Å²) < 4.78 is 5.27. The number of rotatable bonds is 6. The van der Waals surface area contributed by atoms with Gasteiger partial charge in [-0.15, -0.1) is 0 Å². The van der Waals surface area contributed by atoms with E-state index in [9.17, 15) is 9.59 Å². The maximum Gasteiger partial charge on any atom is 0.329 e. The van der Waals surface area contributed by atoms with Crippen LogP contribution in [0.25, 0.3) is 0 Å². The van der Waals surface area contributed by atoms with Gasteiger partial charge in [0.15, 0.2) is 0 Å². The standard InChI is InChI=1S/C14H26N2O4/c1-4-5-11(2)15(3)14(19)16-8-6-12(7-9-16)20-10-13(17)18/h11-12H,4-10H2,1-3H3,(H,17,18). The fraction of sp³-hybridized carbons (Fsp3) is 0.857. The molecule has 0 aromatic heterocycles. The number of carbonyl (C=O) groups is 2. The number of piperidine rings is 1. The molecule has 0 bridgehead atoms. The van der Waals surface area contributed by atoms with Crippen LogP contribution in [0.15, 0.2) is 0 Å². The van der Waals surface area contributed by atoms with Gasteiger partial charge in [-0.05, 0) is 26.2 Å². The van der Waals surface area contributed by atoms with Gasteiger partial charge >= 0.3 is 12.0 Å². The number of amides is 2. The second-order valence-electron chi connectivity index (χ2n) is 5.42. The molecular weight excluding hydrogens is 260 g/mol. The monoisotopic (exact) mass is 286 g/mol. The quantitative estimate of drug-likeness (QED) is 0.808. The second-order valence-corrected chi connectivity index (χ2v) is 5.42. The molecule has 1 aliphatic heterocycles. The van der Waals surface area contributed by atoms with Crippen molar-refractivity contribution >= 4 is 12.0 Å². The minimum atomic E-state index is -0.948. The van der Waals surface area contributed by atoms with Crippen molar-refractivity contribution in [3.63, 3.8) is 0 Å². The average Bonchev–Trinajstić information content (AvgIpc) is 2.44. The molecule has 0 saturated carbocycles. The minimum Gasteiger partial charge on any atom is -0.480 e. The van der Waals surface area contributed by atoms with Crippen molar-refractivity contribution in [2.75, 3.05) is 26.7 Å². The first-order valence-electron chi connectivity index (χ1n) is 7.30. The molecule has 1 atom stereocenters. The molecule has 0 aromatic rings. The number of aliphatic carboxylic acids is 1. The number of nitrogens with zero attached hydrogens (tertiary/aromatic N) is 2. The molecule has 1 unspecified atom stereocenters. The number of likely N-dealkylation sites (tertiary alicyclic amines) is 1. The van der Waals surface area contributed by atoms with Crippen LogP contribution in [-0.4, -0.2) is 65.8 Å². The summed E-state index contributed by atoms with van der Waals surface area (Å²) in [7, 11) is 1.84. The van der Waals surface area contributed by atoms with Gasteiger partial charge in [-0.1, -0.05) is 13.3 Å². The van der Waals surface area contributed by atoms with E-state index < -0.39 is 5.97 Å². The highest BCUT2D eigenvalue weighted by molar-refractivity contribution is 5.74. The van der Waals surface area contributed by atoms with Crippen LogP contribution in [0.5, 0.6) is 0 Å². The van der Waals surface area contributed by atoms with Crippen molar-refractivity contribution in [2.45, 2.75) is 51.7 Å². The van der Waals surface area contributed by atoms with Crippen molar-refractivity contribution in [1.29, 1.82) is 0 Å². The Hall–Kier alpha value is -1.30. The lowest BCUT2D eigenvalue weighted by Crippen LogP contribution is -2.49. The SMILES string of the molecule is CCCC(C)N(C)C(=O)N1CCC(OCC(=O)O)CC1. The molecule has 6 heteroatoms. The van der Waals surface area contributed by atoms with Gasteiger partial charge in [0.2, 0.25) is 0 Å². The normalized spacial score (nSPS) is 17.9. The fourth-order valence-electron chi connectivity index (χ4n) is 2.43. The van der Waals surface area contributed by atoms with Crippen LogP contribution in [0.1, 0.15) is 39.5 Å². The number of carboxylic acid groups (broad SMARTS) is 1. The van der Waals surface area contributed by atoms with Gasteiger partial charge in [0.1, 0.15) is 6.61 Å². The van der Waals surface area contributed by atoms with Crippen molar-refractivity contribution in [3.8, 4) is 0 Å². The summed E-state index contributed by atoms with van der Waals surface area (Å²) >= 11 is 0. The zero-order chi connectivity index (χ0) is 15.1. The van der Waals surface area contributed by atoms with Gasteiger partial charge in [0.05, 0.1) is 6.10 Å². The third kappa shape index (κ3) is 5.00. The maximum atomic E-state index is 12.3. The van der Waals surface area contributed by atoms with Crippen molar-refractivity contribution in [3.05, 3.63) is 0 Å². The lowest BCUT2D eigenvalue weighted by Gasteiger charge is -2.36. The van der Waals surface area contributed by atoms with E-state index in [1.54, 1.807) is 4.90 Å². The summed E-state index contributed by atoms with van der Waals surface area (Å²) in [5, 5.41) is 8.57. The van der Waals surface area contributed by atoms with Gasteiger partial charge in [-0.2, -0.15) is 0 Å². The molecule has 20 heavy (non-hydrogen) atoms. The van der Waals surface area contributed by atoms with Gasteiger partial charge in [-0.3, -0.25) is 0 Å². The lowest BCUT2D eigenvalue weighted by atomic mass is 10.1. The lowest BCUT2D eigenvalue weighted by molar-refractivity contribution is -0.145. The van der Waals surface area contributed by atoms with E-state index in [0.29, 0.717) is 25.9 Å². The van der Waals surface area contributed by atoms with E-state index in [4.69, 9.17) is 9.84 Å². The zero-order valence-corrected chi connectivity index (χ0v) is 12.7. The average molecular weight is 286 g/mol. The Bertz CT molecular complexity index is 327. The largest absolute Gasteiger partial charge is 0.480 e. The molecule has 0 radical (unpaired) electrons. The van der Waals surface area contributed by atoms with Crippen molar-refractivity contribution in [1.82, 2.24) is 9.80 Å². The summed E-state index contributed by atoms with van der Waals surface area (Å²) in [5.74, 6) is -0.948. The third-order valence-corrected chi connectivity index (χ3v) is 3.82. The van der Waals surface area contributed by atoms with Crippen LogP contribution < -0.4 is 0 Å². The first-order chi connectivity index (χ1) is 9.45. The molecule has 2 amide bonds. The van der Waals surface area contributed by atoms with E-state index in [-0.39, 0.29) is 24.8 Å². The number of hydrogen-bond acceptors (Lipinski definition) is 3. The molecule has 1 rings (SSSR count). The van der Waals surface area contributed by atoms with Crippen LogP contribution >= 0.6 is 0 Å². The van der Waals surface area contributed by atoms with Crippen molar-refractivity contribution in [2.24, 2.45) is 0 Å². The molecule has 1 fully saturated rings. The Labute approximate surface area is 120 Å². The molecule has 0 aliphatic carbocycles. The Morgan fingerprint density at radius 1 is 1.40 bits per heavy atom. The molecule has 1 N–H and O–H groups in total. The van der Waals surface area contributed by atoms with Gasteiger partial charge in [0.25, 0.3) is 0 Å². The number of ether oxygens (including phenoxy) is 1. The molecule has 116 valence electrons. The van der Waals surface area contributed by atoms with Gasteiger partial charge in [0, 0.05) is 26.2 Å². The molecule has 0 aromatic carbocycles. The Morgan fingerprint density at radius 3 is 2.50 bits per heavy atom. The third-order valence-electron chi connectivity index (χ3n) is 3.82. The highest BCUT2D eigenvalue weighted by atomic mass is 16.5. The Kier molecular flexibility index (Phi) is 6.78. The number of hydrogen-bond donors (Lipinski definition) is 1. The van der Waals surface area contributed by atoms with Crippen LogP contribution in [0, 0.1) is 0 Å². The van der Waals surface area contributed by atoms with E-state index >= 15 is 0 Å². The molecule has 1 saturated heterocycles. The van der Waals surface area contributed by atoms with E-state index in [2.05, 4.69) is 13.8 Å². The molecular formula is C14H26N2O4. The highest BCUT2D eigenvalue weighted by Crippen LogP contribution is 2.16. The summed E-state index contributed by atoms with van der Waals surface area (Å²) in [6.45, 7) is 5.18. The van der Waals surface area contributed by atoms with Crippen LogP contribution in [0.3, 0.4) is 0 Å². The minimum absolute atomic E-state index is 0.0477. The van der Waals surface area contributed by atoms with Crippen LogP contribution in [-0.2, 0) is 9.53 Å². The van der Waals surface area contributed by atoms with Gasteiger partial charge in [-0.25, -0.2) is 9.59 Å². The van der Waals surface area contributed by atoms with E-state index in [1.165, 1.54) is 0 Å². The van der Waals surface area contributed by atoms with Crippen LogP contribution in [0.4, 0.5) is 4.79 Å². The smallest absolute Gasteiger partial charge is 0.329 e. The predicted molar refractivity (Wildman–Crippen MR) is 75.7 cm³/mol. The Morgan fingerprint density at radius 2 is 2.00 bits per heavy atom. The second kappa shape index (κ2) is 8.09. The molecule has 0 spiro atoms.